The molecule has 21 heavy (non-hydrogen) atoms. The molecule has 1 aliphatic carbocycles. The summed E-state index contributed by atoms with van der Waals surface area (Å²) in [7, 11) is 0. The number of rotatable bonds is 5. The lowest BCUT2D eigenvalue weighted by molar-refractivity contribution is -0.126. The van der Waals surface area contributed by atoms with Crippen molar-refractivity contribution in [3.63, 3.8) is 0 Å². The molecule has 1 aromatic rings. The molecule has 1 aromatic carbocycles. The fourth-order valence-corrected chi connectivity index (χ4v) is 3.14. The molecule has 4 heteroatoms. The molecule has 3 nitrogen and oxygen atoms in total. The molecule has 0 saturated heterocycles. The quantitative estimate of drug-likeness (QED) is 0.878. The van der Waals surface area contributed by atoms with Gasteiger partial charge < -0.3 is 11.1 Å². The van der Waals surface area contributed by atoms with Gasteiger partial charge in [0.15, 0.2) is 0 Å². The number of benzene rings is 1. The molecule has 0 heterocycles. The molecule has 3 atom stereocenters. The Bertz CT molecular complexity index is 464. The summed E-state index contributed by atoms with van der Waals surface area (Å²) in [6.07, 6.45) is 3.22. The predicted molar refractivity (Wildman–Crippen MR) is 89.7 cm³/mol. The number of carbonyl (C=O) groups is 1. The van der Waals surface area contributed by atoms with Gasteiger partial charge in [-0.15, -0.1) is 12.4 Å². The number of hydrogen-bond donors (Lipinski definition) is 2. The maximum absolute atomic E-state index is 12.3. The van der Waals surface area contributed by atoms with E-state index in [0.717, 1.165) is 19.3 Å². The molecule has 2 rings (SSSR count). The molecule has 0 bridgehead atoms. The summed E-state index contributed by atoms with van der Waals surface area (Å²) in [6.45, 7) is 5.59. The van der Waals surface area contributed by atoms with Crippen LogP contribution in [0.5, 0.6) is 0 Å². The first-order valence-electron chi connectivity index (χ1n) is 7.66. The van der Waals surface area contributed by atoms with Crippen molar-refractivity contribution in [1.82, 2.24) is 5.32 Å². The highest BCUT2D eigenvalue weighted by Crippen LogP contribution is 2.31. The number of halogens is 1. The van der Waals surface area contributed by atoms with Crippen LogP contribution in [-0.2, 0) is 4.79 Å². The third-order valence-electron chi connectivity index (χ3n) is 4.49. The number of hydrogen-bond acceptors (Lipinski definition) is 2. The second-order valence-corrected chi connectivity index (χ2v) is 6.09. The number of aryl methyl sites for hydroxylation is 1. The maximum atomic E-state index is 12.3. The second-order valence-electron chi connectivity index (χ2n) is 6.09. The third kappa shape index (κ3) is 4.72. The second kappa shape index (κ2) is 8.40. The van der Waals surface area contributed by atoms with Gasteiger partial charge in [0, 0.05) is 12.5 Å². The minimum Gasteiger partial charge on any atom is -0.355 e. The molecule has 1 fully saturated rings. The lowest BCUT2D eigenvalue weighted by atomic mass is 9.94. The Morgan fingerprint density at radius 2 is 2.19 bits per heavy atom. The van der Waals surface area contributed by atoms with Crippen LogP contribution in [0.4, 0.5) is 0 Å². The molecule has 0 spiro atoms. The fourth-order valence-electron chi connectivity index (χ4n) is 3.14. The van der Waals surface area contributed by atoms with Gasteiger partial charge in [-0.3, -0.25) is 4.79 Å². The van der Waals surface area contributed by atoms with Crippen LogP contribution in [-0.4, -0.2) is 19.0 Å². The van der Waals surface area contributed by atoms with E-state index in [1.807, 2.05) is 0 Å². The van der Waals surface area contributed by atoms with E-state index in [2.05, 4.69) is 43.4 Å². The number of carbonyl (C=O) groups excluding carboxylic acids is 1. The van der Waals surface area contributed by atoms with Crippen LogP contribution in [0.15, 0.2) is 24.3 Å². The first-order chi connectivity index (χ1) is 9.61. The Morgan fingerprint density at radius 3 is 2.86 bits per heavy atom. The van der Waals surface area contributed by atoms with E-state index < -0.39 is 0 Å². The van der Waals surface area contributed by atoms with Gasteiger partial charge in [0.1, 0.15) is 0 Å². The van der Waals surface area contributed by atoms with Crippen molar-refractivity contribution in [2.24, 2.45) is 17.6 Å². The fraction of sp³-hybridized carbons (Fsp3) is 0.588. The van der Waals surface area contributed by atoms with Crippen LogP contribution in [0.25, 0.3) is 0 Å². The lowest BCUT2D eigenvalue weighted by Crippen LogP contribution is -2.36. The summed E-state index contributed by atoms with van der Waals surface area (Å²) in [5.41, 5.74) is 8.29. The highest BCUT2D eigenvalue weighted by molar-refractivity contribution is 5.85. The van der Waals surface area contributed by atoms with Crippen LogP contribution in [0.1, 0.15) is 43.2 Å². The molecule has 1 unspecified atom stereocenters. The van der Waals surface area contributed by atoms with Crippen molar-refractivity contribution >= 4 is 18.3 Å². The largest absolute Gasteiger partial charge is 0.355 e. The van der Waals surface area contributed by atoms with E-state index in [-0.39, 0.29) is 24.2 Å². The van der Waals surface area contributed by atoms with Crippen molar-refractivity contribution < 1.29 is 4.79 Å². The van der Waals surface area contributed by atoms with Gasteiger partial charge in [0.25, 0.3) is 0 Å². The highest BCUT2D eigenvalue weighted by Gasteiger charge is 2.31. The van der Waals surface area contributed by atoms with Crippen LogP contribution < -0.4 is 11.1 Å². The number of nitrogens with one attached hydrogen (secondary N) is 1. The summed E-state index contributed by atoms with van der Waals surface area (Å²) in [5.74, 6) is 1.04. The summed E-state index contributed by atoms with van der Waals surface area (Å²) >= 11 is 0. The lowest BCUT2D eigenvalue weighted by Gasteiger charge is -2.19. The third-order valence-corrected chi connectivity index (χ3v) is 4.49. The molecule has 1 saturated carbocycles. The molecule has 118 valence electrons. The van der Waals surface area contributed by atoms with Crippen LogP contribution in [0.2, 0.25) is 0 Å². The average Bonchev–Trinajstić information content (AvgIpc) is 2.92. The normalized spacial score (nSPS) is 22.4. The van der Waals surface area contributed by atoms with Crippen molar-refractivity contribution in [3.05, 3.63) is 35.4 Å². The Hall–Kier alpha value is -1.06. The molecule has 0 aromatic heterocycles. The van der Waals surface area contributed by atoms with Crippen LogP contribution >= 0.6 is 12.4 Å². The molecule has 0 aliphatic heterocycles. The summed E-state index contributed by atoms with van der Waals surface area (Å²) in [5, 5.41) is 3.11. The number of nitrogens with two attached hydrogens (primary N) is 1. The average molecular weight is 311 g/mol. The van der Waals surface area contributed by atoms with Crippen molar-refractivity contribution in [3.8, 4) is 0 Å². The zero-order valence-corrected chi connectivity index (χ0v) is 13.8. The van der Waals surface area contributed by atoms with Gasteiger partial charge in [0.05, 0.1) is 0 Å². The van der Waals surface area contributed by atoms with Gasteiger partial charge >= 0.3 is 0 Å². The Morgan fingerprint density at radius 1 is 1.43 bits per heavy atom. The molecule has 0 radical (unpaired) electrons. The first kappa shape index (κ1) is 18.0. The molecular formula is C17H27ClN2O. The Kier molecular flexibility index (Phi) is 7.20. The van der Waals surface area contributed by atoms with Gasteiger partial charge in [-0.25, -0.2) is 0 Å². The van der Waals surface area contributed by atoms with E-state index in [9.17, 15) is 4.79 Å². The number of amides is 1. The zero-order chi connectivity index (χ0) is 14.5. The Balaban J connectivity index is 0.00000220. The van der Waals surface area contributed by atoms with Crippen molar-refractivity contribution in [2.75, 3.05) is 13.1 Å². The van der Waals surface area contributed by atoms with E-state index in [1.54, 1.807) is 0 Å². The highest BCUT2D eigenvalue weighted by atomic mass is 35.5. The first-order valence-corrected chi connectivity index (χ1v) is 7.66. The van der Waals surface area contributed by atoms with Crippen LogP contribution in [0, 0.1) is 18.8 Å². The van der Waals surface area contributed by atoms with Gasteiger partial charge in [0.2, 0.25) is 5.91 Å². The van der Waals surface area contributed by atoms with E-state index in [0.29, 0.717) is 24.9 Å². The summed E-state index contributed by atoms with van der Waals surface area (Å²) in [6, 6.07) is 8.49. The molecule has 3 N–H and O–H groups in total. The maximum Gasteiger partial charge on any atom is 0.223 e. The van der Waals surface area contributed by atoms with Crippen molar-refractivity contribution in [2.45, 2.75) is 39.0 Å². The molecule has 1 aliphatic rings. The molecule has 1 amide bonds. The predicted octanol–water partition coefficient (Wildman–Crippen LogP) is 3.01. The Labute approximate surface area is 134 Å². The van der Waals surface area contributed by atoms with Gasteiger partial charge in [-0.2, -0.15) is 0 Å². The topological polar surface area (TPSA) is 55.1 Å². The van der Waals surface area contributed by atoms with E-state index in [1.165, 1.54) is 11.1 Å². The monoisotopic (exact) mass is 310 g/mol. The van der Waals surface area contributed by atoms with Gasteiger partial charge in [-0.1, -0.05) is 43.2 Å². The summed E-state index contributed by atoms with van der Waals surface area (Å²) < 4.78 is 0. The summed E-state index contributed by atoms with van der Waals surface area (Å²) in [4.78, 5) is 12.3. The minimum absolute atomic E-state index is 0. The van der Waals surface area contributed by atoms with Crippen molar-refractivity contribution in [1.29, 1.82) is 0 Å². The minimum atomic E-state index is 0. The SMILES string of the molecule is Cc1cccc(C(C)CNC(=O)[C@@H]2CCC[C@@H]2CN)c1.Cl. The standard InChI is InChI=1S/C17H26N2O.ClH/c1-12-5-3-6-14(9-12)13(2)11-19-17(20)16-8-4-7-15(16)10-18;/h3,5-6,9,13,15-16H,4,7-8,10-11,18H2,1-2H3,(H,19,20);1H/t13?,15-,16-;/m1./s1. The van der Waals surface area contributed by atoms with E-state index in [4.69, 9.17) is 5.73 Å². The van der Waals surface area contributed by atoms with Gasteiger partial charge in [-0.05, 0) is 43.7 Å². The van der Waals surface area contributed by atoms with Crippen LogP contribution in [0.3, 0.4) is 0 Å². The zero-order valence-electron chi connectivity index (χ0n) is 13.0. The van der Waals surface area contributed by atoms with E-state index >= 15 is 0 Å². The molecular weight excluding hydrogens is 284 g/mol. The smallest absolute Gasteiger partial charge is 0.223 e.